The molecular weight excluding hydrogens is 487 g/mol. The summed E-state index contributed by atoms with van der Waals surface area (Å²) < 4.78 is 28.0. The van der Waals surface area contributed by atoms with Gasteiger partial charge in [-0.1, -0.05) is 66.2 Å². The number of piperidine rings is 1. The Hall–Kier alpha value is -0.910. The highest BCUT2D eigenvalue weighted by Gasteiger charge is 2.33. The minimum atomic E-state index is -3.67. The molecule has 2 aromatic rings. The number of rotatable bonds is 7. The van der Waals surface area contributed by atoms with E-state index in [4.69, 9.17) is 23.2 Å². The first-order chi connectivity index (χ1) is 14.2. The van der Waals surface area contributed by atoms with Gasteiger partial charge in [-0.05, 0) is 25.0 Å². The maximum Gasteiger partial charge on any atom is 0.230 e. The van der Waals surface area contributed by atoms with Gasteiger partial charge in [-0.3, -0.25) is 4.79 Å². The third kappa shape index (κ3) is 6.08. The second-order valence-corrected chi connectivity index (χ2v) is 12.8. The molecule has 1 fully saturated rings. The van der Waals surface area contributed by atoms with E-state index in [-0.39, 0.29) is 18.2 Å². The molecule has 12 heteroatoms. The van der Waals surface area contributed by atoms with E-state index in [1.165, 1.54) is 15.6 Å². The topological polar surface area (TPSA) is 92.3 Å². The molecule has 1 amide bonds. The van der Waals surface area contributed by atoms with Crippen molar-refractivity contribution >= 4 is 67.4 Å². The molecule has 30 heavy (non-hydrogen) atoms. The fraction of sp³-hybridized carbons (Fsp3) is 0.500. The minimum absolute atomic E-state index is 0.114. The van der Waals surface area contributed by atoms with E-state index in [0.717, 1.165) is 4.34 Å². The van der Waals surface area contributed by atoms with E-state index in [9.17, 15) is 13.2 Å². The number of hydrogen-bond donors (Lipinski definition) is 1. The third-order valence-corrected chi connectivity index (χ3v) is 8.92. The Bertz CT molecular complexity index is 994. The van der Waals surface area contributed by atoms with Gasteiger partial charge in [-0.15, -0.1) is 10.2 Å². The fourth-order valence-corrected chi connectivity index (χ4v) is 7.41. The normalized spacial score (nSPS) is 18.0. The van der Waals surface area contributed by atoms with Crippen molar-refractivity contribution in [2.24, 2.45) is 5.92 Å². The van der Waals surface area contributed by atoms with E-state index >= 15 is 0 Å². The summed E-state index contributed by atoms with van der Waals surface area (Å²) in [5.74, 6) is -1.00. The van der Waals surface area contributed by atoms with Crippen LogP contribution in [-0.4, -0.2) is 47.2 Å². The van der Waals surface area contributed by atoms with Crippen LogP contribution >= 0.6 is 46.3 Å². The molecule has 0 bridgehead atoms. The first kappa shape index (κ1) is 23.7. The summed E-state index contributed by atoms with van der Waals surface area (Å²) in [7, 11) is -3.67. The molecule has 1 aromatic heterocycles. The highest BCUT2D eigenvalue weighted by molar-refractivity contribution is 8.01. The van der Waals surface area contributed by atoms with Gasteiger partial charge >= 0.3 is 0 Å². The zero-order valence-electron chi connectivity index (χ0n) is 16.5. The Morgan fingerprint density at radius 3 is 2.70 bits per heavy atom. The van der Waals surface area contributed by atoms with Crippen molar-refractivity contribution in [2.45, 2.75) is 42.0 Å². The number of carbonyl (C=O) groups excluding carboxylic acids is 1. The van der Waals surface area contributed by atoms with Crippen LogP contribution in [0.5, 0.6) is 0 Å². The predicted molar refractivity (Wildman–Crippen MR) is 123 cm³/mol. The molecule has 7 nitrogen and oxygen atoms in total. The smallest absolute Gasteiger partial charge is 0.230 e. The number of carbonyl (C=O) groups is 1. The van der Waals surface area contributed by atoms with Crippen molar-refractivity contribution in [3.8, 4) is 0 Å². The molecule has 164 valence electrons. The average molecular weight is 510 g/mol. The van der Waals surface area contributed by atoms with Crippen molar-refractivity contribution in [1.82, 2.24) is 14.5 Å². The van der Waals surface area contributed by atoms with Gasteiger partial charge in [0.1, 0.15) is 0 Å². The van der Waals surface area contributed by atoms with Crippen LogP contribution in [0.4, 0.5) is 5.13 Å². The van der Waals surface area contributed by atoms with Crippen LogP contribution in [0.1, 0.15) is 32.3 Å². The number of halogens is 2. The minimum Gasteiger partial charge on any atom is -0.300 e. The molecule has 1 N–H and O–H groups in total. The van der Waals surface area contributed by atoms with Crippen LogP contribution in [0.25, 0.3) is 0 Å². The maximum atomic E-state index is 12.9. The Morgan fingerprint density at radius 2 is 2.03 bits per heavy atom. The number of anilines is 1. The molecule has 2 heterocycles. The van der Waals surface area contributed by atoms with Crippen molar-refractivity contribution in [3.63, 3.8) is 0 Å². The van der Waals surface area contributed by atoms with E-state index in [2.05, 4.69) is 29.4 Å². The first-order valence-corrected chi connectivity index (χ1v) is 13.4. The van der Waals surface area contributed by atoms with E-state index in [1.807, 2.05) is 0 Å². The van der Waals surface area contributed by atoms with Gasteiger partial charge in [0.15, 0.2) is 4.34 Å². The number of sulfonamides is 1. The molecule has 3 rings (SSSR count). The van der Waals surface area contributed by atoms with Gasteiger partial charge in [0.2, 0.25) is 21.1 Å². The van der Waals surface area contributed by atoms with Crippen LogP contribution in [0.15, 0.2) is 22.5 Å². The highest BCUT2D eigenvalue weighted by Crippen LogP contribution is 2.31. The number of thioether (sulfide) groups is 1. The second-order valence-electron chi connectivity index (χ2n) is 7.18. The molecule has 0 radical (unpaired) electrons. The lowest BCUT2D eigenvalue weighted by atomic mass is 9.99. The molecule has 0 unspecified atom stereocenters. The first-order valence-electron chi connectivity index (χ1n) is 9.37. The number of aromatic nitrogens is 2. The quantitative estimate of drug-likeness (QED) is 0.436. The SMILES string of the molecule is CC(C)Sc1nnc(NC(=O)[C@@H]2CCCN(S(=O)(=O)Cc3c(Cl)cccc3Cl)C2)s1. The molecule has 0 saturated carbocycles. The molecule has 1 saturated heterocycles. The van der Waals surface area contributed by atoms with Crippen molar-refractivity contribution < 1.29 is 13.2 Å². The summed E-state index contributed by atoms with van der Waals surface area (Å²) in [4.78, 5) is 12.7. The zero-order valence-corrected chi connectivity index (χ0v) is 20.4. The number of benzene rings is 1. The summed E-state index contributed by atoms with van der Waals surface area (Å²) >= 11 is 15.2. The number of hydrogen-bond acceptors (Lipinski definition) is 7. The Balaban J connectivity index is 1.65. The largest absolute Gasteiger partial charge is 0.300 e. The maximum absolute atomic E-state index is 12.9. The van der Waals surface area contributed by atoms with E-state index in [0.29, 0.717) is 45.4 Å². The molecule has 0 aliphatic carbocycles. The Morgan fingerprint density at radius 1 is 1.33 bits per heavy atom. The Kier molecular flexibility index (Phi) is 8.03. The molecule has 1 atom stereocenters. The molecule has 1 aliphatic heterocycles. The summed E-state index contributed by atoms with van der Waals surface area (Å²) in [6, 6.07) is 4.89. The predicted octanol–water partition coefficient (Wildman–Crippen LogP) is 4.53. The van der Waals surface area contributed by atoms with Gasteiger partial charge in [0, 0.05) is 33.9 Å². The summed E-state index contributed by atoms with van der Waals surface area (Å²) in [5, 5.41) is 12.2. The lowest BCUT2D eigenvalue weighted by molar-refractivity contribution is -0.120. The van der Waals surface area contributed by atoms with Crippen LogP contribution in [0, 0.1) is 5.92 Å². The molecule has 1 aliphatic rings. The van der Waals surface area contributed by atoms with E-state index < -0.39 is 15.9 Å². The summed E-state index contributed by atoms with van der Waals surface area (Å²) in [5.41, 5.74) is 0.372. The molecular formula is C18H22Cl2N4O3S3. The zero-order chi connectivity index (χ0) is 21.9. The van der Waals surface area contributed by atoms with Gasteiger partial charge in [-0.2, -0.15) is 0 Å². The van der Waals surface area contributed by atoms with Crippen molar-refractivity contribution in [3.05, 3.63) is 33.8 Å². The van der Waals surface area contributed by atoms with Gasteiger partial charge < -0.3 is 5.32 Å². The van der Waals surface area contributed by atoms with Gasteiger partial charge in [0.05, 0.1) is 11.7 Å². The fourth-order valence-electron chi connectivity index (χ4n) is 3.07. The molecule has 1 aromatic carbocycles. The summed E-state index contributed by atoms with van der Waals surface area (Å²) in [6.45, 7) is 4.58. The van der Waals surface area contributed by atoms with Crippen LogP contribution in [-0.2, 0) is 20.6 Å². The van der Waals surface area contributed by atoms with Crippen LogP contribution in [0.2, 0.25) is 10.0 Å². The third-order valence-electron chi connectivity index (χ3n) is 4.51. The van der Waals surface area contributed by atoms with E-state index in [1.54, 1.807) is 30.0 Å². The number of nitrogens with zero attached hydrogens (tertiary/aromatic N) is 3. The molecule has 0 spiro atoms. The Labute approximate surface area is 194 Å². The lowest BCUT2D eigenvalue weighted by Gasteiger charge is -2.31. The monoisotopic (exact) mass is 508 g/mol. The van der Waals surface area contributed by atoms with Gasteiger partial charge in [-0.25, -0.2) is 12.7 Å². The number of nitrogens with one attached hydrogen (secondary N) is 1. The standard InChI is InChI=1S/C18H22Cl2N4O3S3/c1-11(2)28-18-23-22-17(29-18)21-16(25)12-5-4-8-24(9-12)30(26,27)10-13-14(19)6-3-7-15(13)20/h3,6-7,11-12H,4-5,8-10H2,1-2H3,(H,21,22,25)/t12-/m1/s1. The summed E-state index contributed by atoms with van der Waals surface area (Å²) in [6.07, 6.45) is 1.20. The lowest BCUT2D eigenvalue weighted by Crippen LogP contribution is -2.44. The van der Waals surface area contributed by atoms with Gasteiger partial charge in [0.25, 0.3) is 0 Å². The van der Waals surface area contributed by atoms with Crippen molar-refractivity contribution in [2.75, 3.05) is 18.4 Å². The highest BCUT2D eigenvalue weighted by atomic mass is 35.5. The van der Waals surface area contributed by atoms with Crippen LogP contribution in [0.3, 0.4) is 0 Å². The number of amides is 1. The van der Waals surface area contributed by atoms with Crippen LogP contribution < -0.4 is 5.32 Å². The van der Waals surface area contributed by atoms with Crippen molar-refractivity contribution in [1.29, 1.82) is 0 Å². The average Bonchev–Trinajstić information content (AvgIpc) is 3.11. The second kappa shape index (κ2) is 10.1.